The van der Waals surface area contributed by atoms with Gasteiger partial charge in [-0.05, 0) is 12.1 Å². The topological polar surface area (TPSA) is 75.6 Å². The molecule has 0 atom stereocenters. The predicted octanol–water partition coefficient (Wildman–Crippen LogP) is 2.71. The molecule has 0 aromatic heterocycles. The van der Waals surface area contributed by atoms with Gasteiger partial charge >= 0.3 is 38.8 Å². The molecule has 6 heteroatoms. The average Bonchev–Trinajstić information content (AvgIpc) is 2.41. The smallest absolute Gasteiger partial charge is 0.665 e. The molecule has 0 aliphatic carbocycles. The number of anilines is 1. The largest absolute Gasteiger partial charge is 3.00 e. The average molecular weight is 346 g/mol. The van der Waals surface area contributed by atoms with Crippen LogP contribution in [0.1, 0.15) is 0 Å². The van der Waals surface area contributed by atoms with Gasteiger partial charge in [-0.15, -0.1) is 6.07 Å². The minimum atomic E-state index is -0.509. The molecule has 1 amide bonds. The first-order valence-electron chi connectivity index (χ1n) is 5.27. The first-order valence-corrected chi connectivity index (χ1v) is 5.27. The van der Waals surface area contributed by atoms with Crippen LogP contribution in [-0.4, -0.2) is 17.7 Å². The summed E-state index contributed by atoms with van der Waals surface area (Å²) < 4.78 is 5.05. The summed E-state index contributed by atoms with van der Waals surface area (Å²) in [5, 5.41) is 9.36. The van der Waals surface area contributed by atoms with Crippen LogP contribution in [0.25, 0.3) is 0 Å². The van der Waals surface area contributed by atoms with E-state index in [9.17, 15) is 4.79 Å². The molecular formula is C14H11NO4Y+. The number of rotatable bonds is 2. The van der Waals surface area contributed by atoms with E-state index in [0.29, 0.717) is 17.9 Å². The molecule has 0 heterocycles. The van der Waals surface area contributed by atoms with E-state index in [1.807, 2.05) is 6.07 Å². The Morgan fingerprint density at radius 2 is 1.85 bits per heavy atom. The van der Waals surface area contributed by atoms with Crippen molar-refractivity contribution >= 4 is 18.3 Å². The van der Waals surface area contributed by atoms with Crippen molar-refractivity contribution in [2.45, 2.75) is 0 Å². The monoisotopic (exact) mass is 346 g/mol. The number of para-hydroxylation sites is 1. The minimum absolute atomic E-state index is 0. The third kappa shape index (κ3) is 7.66. The van der Waals surface area contributed by atoms with Crippen molar-refractivity contribution in [1.82, 2.24) is 0 Å². The first kappa shape index (κ1) is 18.3. The van der Waals surface area contributed by atoms with Crippen molar-refractivity contribution in [3.05, 3.63) is 60.7 Å². The maximum atomic E-state index is 11.4. The number of aliphatic hydroxyl groups excluding tert-OH is 1. The van der Waals surface area contributed by atoms with Gasteiger partial charge in [-0.3, -0.25) is 0 Å². The van der Waals surface area contributed by atoms with Gasteiger partial charge in [-0.25, -0.2) is 4.79 Å². The molecule has 98 valence electrons. The number of carbonyl (C=O) groups excluding carboxylic acids is 1. The third-order valence-electron chi connectivity index (χ3n) is 1.91. The fourth-order valence-corrected chi connectivity index (χ4v) is 1.21. The molecule has 2 rings (SSSR count). The number of carbonyl (C=O) groups is 1. The molecule has 0 radical (unpaired) electrons. The van der Waals surface area contributed by atoms with Crippen LogP contribution >= 0.6 is 0 Å². The van der Waals surface area contributed by atoms with Gasteiger partial charge < -0.3 is 20.0 Å². The summed E-state index contributed by atoms with van der Waals surface area (Å²) in [4.78, 5) is 19.7. The molecule has 2 aromatic rings. The van der Waals surface area contributed by atoms with Gasteiger partial charge in [0.2, 0.25) is 0 Å². The summed E-state index contributed by atoms with van der Waals surface area (Å²) >= 11 is 0. The zero-order valence-corrected chi connectivity index (χ0v) is 13.3. The Morgan fingerprint density at radius 3 is 2.40 bits per heavy atom. The van der Waals surface area contributed by atoms with Crippen LogP contribution in [0.3, 0.4) is 0 Å². The van der Waals surface area contributed by atoms with Crippen molar-refractivity contribution in [2.24, 2.45) is 0 Å². The SMILES string of the molecule is O=C(Nc1c[c-]ccc1)Oc1ccccc1.O=[C-]O.[Y+3]. The standard InChI is InChI=1S/C13H10NO2.CHO2.Y/c15-13(14-11-7-3-1-4-8-11)16-12-9-5-2-6-10-12;2-1-3;/h1-3,5-10H,(H,14,15);(H,2,3);/q2*-1;+3. The van der Waals surface area contributed by atoms with Crippen molar-refractivity contribution < 1.29 is 52.1 Å². The molecule has 5 nitrogen and oxygen atoms in total. The third-order valence-corrected chi connectivity index (χ3v) is 1.91. The summed E-state index contributed by atoms with van der Waals surface area (Å²) in [6, 6.07) is 18.8. The molecule has 0 saturated carbocycles. The van der Waals surface area contributed by atoms with E-state index < -0.39 is 6.09 Å². The second kappa shape index (κ2) is 11.1. The summed E-state index contributed by atoms with van der Waals surface area (Å²) in [5.41, 5.74) is 0.656. The Labute approximate surface area is 141 Å². The summed E-state index contributed by atoms with van der Waals surface area (Å²) in [7, 11) is 0. The van der Waals surface area contributed by atoms with Crippen molar-refractivity contribution in [3.63, 3.8) is 0 Å². The molecule has 2 N–H and O–H groups in total. The fourth-order valence-electron chi connectivity index (χ4n) is 1.21. The molecule has 20 heavy (non-hydrogen) atoms. The van der Waals surface area contributed by atoms with Crippen LogP contribution < -0.4 is 10.1 Å². The van der Waals surface area contributed by atoms with Crippen molar-refractivity contribution in [1.29, 1.82) is 0 Å². The summed E-state index contributed by atoms with van der Waals surface area (Å²) in [6.45, 7) is 0.500. The zero-order chi connectivity index (χ0) is 13.9. The number of benzene rings is 2. The van der Waals surface area contributed by atoms with Gasteiger partial charge in [-0.2, -0.15) is 24.3 Å². The predicted molar refractivity (Wildman–Crippen MR) is 69.7 cm³/mol. The number of ether oxygens (including phenoxy) is 1. The molecule has 0 aliphatic heterocycles. The number of hydrogen-bond acceptors (Lipinski definition) is 3. The van der Waals surface area contributed by atoms with Crippen LogP contribution in [0.15, 0.2) is 54.6 Å². The molecular weight excluding hydrogens is 335 g/mol. The van der Waals surface area contributed by atoms with E-state index in [0.717, 1.165) is 0 Å². The molecule has 0 unspecified atom stereocenters. The first-order chi connectivity index (χ1) is 9.26. The van der Waals surface area contributed by atoms with E-state index in [-0.39, 0.29) is 32.7 Å². The molecule has 0 aliphatic rings. The molecule has 0 fully saturated rings. The summed E-state index contributed by atoms with van der Waals surface area (Å²) in [6.07, 6.45) is -0.509. The van der Waals surface area contributed by atoms with Crippen molar-refractivity contribution in [3.8, 4) is 5.75 Å². The van der Waals surface area contributed by atoms with Crippen LogP contribution in [0.5, 0.6) is 5.75 Å². The summed E-state index contributed by atoms with van der Waals surface area (Å²) in [5.74, 6) is 0.514. The fraction of sp³-hybridized carbons (Fsp3) is 0. The van der Waals surface area contributed by atoms with Crippen LogP contribution in [0.4, 0.5) is 10.5 Å². The quantitative estimate of drug-likeness (QED) is 0.820. The van der Waals surface area contributed by atoms with E-state index in [1.165, 1.54) is 0 Å². The number of hydrogen-bond donors (Lipinski definition) is 2. The Hall–Kier alpha value is -1.72. The van der Waals surface area contributed by atoms with Gasteiger partial charge in [-0.1, -0.05) is 30.4 Å². The van der Waals surface area contributed by atoms with Crippen LogP contribution in [0.2, 0.25) is 0 Å². The zero-order valence-electron chi connectivity index (χ0n) is 10.4. The van der Waals surface area contributed by atoms with E-state index in [2.05, 4.69) is 11.4 Å². The van der Waals surface area contributed by atoms with Gasteiger partial charge in [0, 0.05) is 0 Å². The minimum Gasteiger partial charge on any atom is -0.665 e. The van der Waals surface area contributed by atoms with E-state index in [1.54, 1.807) is 48.5 Å². The van der Waals surface area contributed by atoms with Gasteiger partial charge in [0.25, 0.3) is 0 Å². The Morgan fingerprint density at radius 1 is 1.20 bits per heavy atom. The molecule has 2 aromatic carbocycles. The van der Waals surface area contributed by atoms with Gasteiger partial charge in [0.05, 0.1) is 0 Å². The van der Waals surface area contributed by atoms with E-state index in [4.69, 9.17) is 14.6 Å². The van der Waals surface area contributed by atoms with E-state index >= 15 is 0 Å². The normalized spacial score (nSPS) is 8.20. The molecule has 0 spiro atoms. The number of nitrogens with one attached hydrogen (secondary N) is 1. The van der Waals surface area contributed by atoms with Crippen molar-refractivity contribution in [2.75, 3.05) is 5.32 Å². The van der Waals surface area contributed by atoms with Crippen LogP contribution in [-0.2, 0) is 37.5 Å². The number of amides is 1. The second-order valence-corrected chi connectivity index (χ2v) is 3.21. The van der Waals surface area contributed by atoms with Gasteiger partial charge in [0.15, 0.2) is 0 Å². The molecule has 0 bridgehead atoms. The maximum Gasteiger partial charge on any atom is 3.00 e. The van der Waals surface area contributed by atoms with Gasteiger partial charge in [0.1, 0.15) is 5.75 Å². The second-order valence-electron chi connectivity index (χ2n) is 3.21. The molecule has 0 saturated heterocycles. The Bertz CT molecular complexity index is 462. The Balaban J connectivity index is 0.000000830. The van der Waals surface area contributed by atoms with Crippen LogP contribution in [0, 0.1) is 6.07 Å². The Kier molecular flexibility index (Phi) is 10.2. The maximum absolute atomic E-state index is 11.4.